The quantitative estimate of drug-likeness (QED) is 0.700. The van der Waals surface area contributed by atoms with Gasteiger partial charge in [-0.2, -0.15) is 0 Å². The molecule has 0 aromatic heterocycles. The Hall–Kier alpha value is -0.0400. The van der Waals surface area contributed by atoms with Crippen LogP contribution in [0.4, 0.5) is 0 Å². The van der Waals surface area contributed by atoms with Gasteiger partial charge in [0.2, 0.25) is 0 Å². The van der Waals surface area contributed by atoms with E-state index >= 15 is 0 Å². The largest absolute Gasteiger partial charge is 0.314 e. The fourth-order valence-electron chi connectivity index (χ4n) is 3.19. The molecule has 0 saturated heterocycles. The number of hydrogen-bond donors (Lipinski definition) is 1. The third kappa shape index (κ3) is 4.14. The summed E-state index contributed by atoms with van der Waals surface area (Å²) in [7, 11) is 0. The van der Waals surface area contributed by atoms with E-state index in [0.717, 1.165) is 24.4 Å². The minimum atomic E-state index is 0.789. The molecule has 1 heteroatoms. The van der Waals surface area contributed by atoms with E-state index in [-0.39, 0.29) is 0 Å². The maximum Gasteiger partial charge on any atom is 0.00925 e. The van der Waals surface area contributed by atoms with Crippen LogP contribution in [-0.2, 0) is 0 Å². The van der Waals surface area contributed by atoms with Crippen molar-refractivity contribution >= 4 is 0 Å². The first kappa shape index (κ1) is 13.0. The summed E-state index contributed by atoms with van der Waals surface area (Å²) in [5.74, 6) is 2.01. The van der Waals surface area contributed by atoms with Crippen LogP contribution in [0.3, 0.4) is 0 Å². The molecule has 0 aromatic rings. The van der Waals surface area contributed by atoms with Crippen molar-refractivity contribution in [3.05, 3.63) is 0 Å². The summed E-state index contributed by atoms with van der Waals surface area (Å²) in [5, 5.41) is 3.65. The summed E-state index contributed by atoms with van der Waals surface area (Å²) in [5.41, 5.74) is 0. The molecule has 1 unspecified atom stereocenters. The van der Waals surface area contributed by atoms with E-state index in [1.165, 1.54) is 44.9 Å². The van der Waals surface area contributed by atoms with Crippen molar-refractivity contribution in [1.82, 2.24) is 5.32 Å². The van der Waals surface area contributed by atoms with Gasteiger partial charge in [0.05, 0.1) is 0 Å². The molecule has 1 aliphatic rings. The Bertz CT molecular complexity index is 147. The van der Waals surface area contributed by atoms with Crippen LogP contribution in [0.25, 0.3) is 0 Å². The van der Waals surface area contributed by atoms with Gasteiger partial charge in [0.1, 0.15) is 0 Å². The average Bonchev–Trinajstić information content (AvgIpc) is 2.28. The molecule has 1 fully saturated rings. The van der Waals surface area contributed by atoms with E-state index in [1.54, 1.807) is 0 Å². The van der Waals surface area contributed by atoms with Gasteiger partial charge in [-0.1, -0.05) is 46.5 Å². The van der Waals surface area contributed by atoms with Gasteiger partial charge in [0.15, 0.2) is 0 Å². The molecule has 1 aliphatic carbocycles. The van der Waals surface area contributed by atoms with E-state index in [9.17, 15) is 0 Å². The van der Waals surface area contributed by atoms with Crippen molar-refractivity contribution in [2.75, 3.05) is 6.54 Å². The minimum Gasteiger partial charge on any atom is -0.314 e. The molecule has 1 saturated carbocycles. The van der Waals surface area contributed by atoms with E-state index in [4.69, 9.17) is 0 Å². The monoisotopic (exact) mass is 211 g/mol. The molecule has 90 valence electrons. The second-order valence-electron chi connectivity index (χ2n) is 5.14. The highest BCUT2D eigenvalue weighted by atomic mass is 14.9. The highest BCUT2D eigenvalue weighted by Gasteiger charge is 2.25. The predicted molar refractivity (Wildman–Crippen MR) is 68.1 cm³/mol. The molecule has 1 rings (SSSR count). The molecule has 0 heterocycles. The molecular weight excluding hydrogens is 182 g/mol. The Kier molecular flexibility index (Phi) is 6.31. The molecule has 0 aliphatic heterocycles. The third-order valence-electron chi connectivity index (χ3n) is 4.06. The summed E-state index contributed by atoms with van der Waals surface area (Å²) < 4.78 is 0. The van der Waals surface area contributed by atoms with Gasteiger partial charge >= 0.3 is 0 Å². The summed E-state index contributed by atoms with van der Waals surface area (Å²) in [6.45, 7) is 8.00. The lowest BCUT2D eigenvalue weighted by Crippen LogP contribution is -2.37. The number of rotatable bonds is 6. The van der Waals surface area contributed by atoms with Crippen LogP contribution in [-0.4, -0.2) is 12.6 Å². The lowest BCUT2D eigenvalue weighted by Gasteiger charge is -2.33. The Morgan fingerprint density at radius 1 is 1.07 bits per heavy atom. The lowest BCUT2D eigenvalue weighted by molar-refractivity contribution is 0.211. The fraction of sp³-hybridized carbons (Fsp3) is 1.00. The summed E-state index contributed by atoms with van der Waals surface area (Å²) in [6.07, 6.45) is 10.1. The Labute approximate surface area is 96.0 Å². The van der Waals surface area contributed by atoms with Crippen LogP contribution in [0.15, 0.2) is 0 Å². The van der Waals surface area contributed by atoms with Crippen LogP contribution in [0.2, 0.25) is 0 Å². The molecule has 1 nitrogen and oxygen atoms in total. The van der Waals surface area contributed by atoms with Crippen molar-refractivity contribution < 1.29 is 0 Å². The maximum atomic E-state index is 3.65. The van der Waals surface area contributed by atoms with Crippen LogP contribution in [0.1, 0.15) is 65.7 Å². The molecule has 0 spiro atoms. The Balaban J connectivity index is 2.28. The molecule has 0 radical (unpaired) electrons. The average molecular weight is 211 g/mol. The van der Waals surface area contributed by atoms with Gasteiger partial charge in [0.25, 0.3) is 0 Å². The van der Waals surface area contributed by atoms with Crippen LogP contribution in [0.5, 0.6) is 0 Å². The Morgan fingerprint density at radius 2 is 1.73 bits per heavy atom. The van der Waals surface area contributed by atoms with Crippen molar-refractivity contribution in [2.45, 2.75) is 71.8 Å². The first-order valence-corrected chi connectivity index (χ1v) is 7.05. The van der Waals surface area contributed by atoms with Gasteiger partial charge in [-0.25, -0.2) is 0 Å². The standard InChI is InChI=1S/C14H29N/c1-4-7-12-8-10-13(11-9-12)14(5-2)15-6-3/h12-15H,4-11H2,1-3H3. The predicted octanol–water partition coefficient (Wildman–Crippen LogP) is 3.98. The molecule has 1 atom stereocenters. The first-order chi connectivity index (χ1) is 7.31. The number of nitrogens with one attached hydrogen (secondary N) is 1. The van der Waals surface area contributed by atoms with Crippen molar-refractivity contribution in [2.24, 2.45) is 11.8 Å². The van der Waals surface area contributed by atoms with Crippen LogP contribution < -0.4 is 5.32 Å². The number of hydrogen-bond acceptors (Lipinski definition) is 1. The van der Waals surface area contributed by atoms with Crippen molar-refractivity contribution in [1.29, 1.82) is 0 Å². The zero-order chi connectivity index (χ0) is 11.1. The van der Waals surface area contributed by atoms with E-state index in [1.807, 2.05) is 0 Å². The zero-order valence-corrected chi connectivity index (χ0v) is 10.9. The zero-order valence-electron chi connectivity index (χ0n) is 10.9. The van der Waals surface area contributed by atoms with Gasteiger partial charge in [-0.15, -0.1) is 0 Å². The van der Waals surface area contributed by atoms with Crippen molar-refractivity contribution in [3.8, 4) is 0 Å². The van der Waals surface area contributed by atoms with Crippen LogP contribution in [0, 0.1) is 11.8 Å². The molecule has 1 N–H and O–H groups in total. The van der Waals surface area contributed by atoms with Gasteiger partial charge in [0, 0.05) is 6.04 Å². The SMILES string of the molecule is CCCC1CCC(C(CC)NCC)CC1. The molecular formula is C14H29N. The van der Waals surface area contributed by atoms with Gasteiger partial charge in [-0.05, 0) is 37.6 Å². The normalized spacial score (nSPS) is 29.0. The third-order valence-corrected chi connectivity index (χ3v) is 4.06. The second-order valence-corrected chi connectivity index (χ2v) is 5.14. The maximum absolute atomic E-state index is 3.65. The van der Waals surface area contributed by atoms with Crippen LogP contribution >= 0.6 is 0 Å². The fourth-order valence-corrected chi connectivity index (χ4v) is 3.19. The van der Waals surface area contributed by atoms with Gasteiger partial charge < -0.3 is 5.32 Å². The lowest BCUT2D eigenvalue weighted by atomic mass is 9.76. The van der Waals surface area contributed by atoms with E-state index in [0.29, 0.717) is 0 Å². The summed E-state index contributed by atoms with van der Waals surface area (Å²) in [4.78, 5) is 0. The van der Waals surface area contributed by atoms with E-state index < -0.39 is 0 Å². The molecule has 15 heavy (non-hydrogen) atoms. The smallest absolute Gasteiger partial charge is 0.00925 e. The first-order valence-electron chi connectivity index (χ1n) is 7.05. The Morgan fingerprint density at radius 3 is 2.20 bits per heavy atom. The highest BCUT2D eigenvalue weighted by Crippen LogP contribution is 2.33. The highest BCUT2D eigenvalue weighted by molar-refractivity contribution is 4.80. The van der Waals surface area contributed by atoms with Crippen molar-refractivity contribution in [3.63, 3.8) is 0 Å². The molecule has 0 aromatic carbocycles. The summed E-state index contributed by atoms with van der Waals surface area (Å²) in [6, 6.07) is 0.789. The molecule has 0 bridgehead atoms. The van der Waals surface area contributed by atoms with Gasteiger partial charge in [-0.3, -0.25) is 0 Å². The second kappa shape index (κ2) is 7.27. The topological polar surface area (TPSA) is 12.0 Å². The van der Waals surface area contributed by atoms with E-state index in [2.05, 4.69) is 26.1 Å². The minimum absolute atomic E-state index is 0.789. The molecule has 0 amide bonds. The summed E-state index contributed by atoms with van der Waals surface area (Å²) >= 11 is 0.